The van der Waals surface area contributed by atoms with Gasteiger partial charge in [-0.05, 0) is 25.2 Å². The molecule has 3 aliphatic rings. The molecule has 2 aliphatic heterocycles. The number of hydrogen-bond donors (Lipinski definition) is 2. The van der Waals surface area contributed by atoms with Crippen LogP contribution < -0.4 is 15.8 Å². The molecule has 0 aromatic carbocycles. The Morgan fingerprint density at radius 1 is 1.12 bits per heavy atom. The van der Waals surface area contributed by atoms with Crippen LogP contribution in [0, 0.1) is 5.92 Å². The van der Waals surface area contributed by atoms with Crippen molar-refractivity contribution in [1.29, 1.82) is 0 Å². The summed E-state index contributed by atoms with van der Waals surface area (Å²) < 4.78 is 38.4. The molecule has 0 bridgehead atoms. The first-order chi connectivity index (χ1) is 12.4. The number of hydrazine groups is 1. The fraction of sp³-hybridized carbons (Fsp3) is 0.688. The maximum Gasteiger partial charge on any atom is 0.433 e. The molecule has 2 atom stereocenters. The summed E-state index contributed by atoms with van der Waals surface area (Å²) in [5.74, 6) is 0.977. The van der Waals surface area contributed by atoms with Crippen molar-refractivity contribution in [3.05, 3.63) is 18.1 Å². The van der Waals surface area contributed by atoms with Gasteiger partial charge in [0.15, 0.2) is 0 Å². The molecule has 3 fully saturated rings. The predicted molar refractivity (Wildman–Crippen MR) is 87.0 cm³/mol. The highest BCUT2D eigenvalue weighted by molar-refractivity contribution is 5.82. The Morgan fingerprint density at radius 3 is 2.50 bits per heavy atom. The van der Waals surface area contributed by atoms with E-state index in [1.54, 1.807) is 9.80 Å². The monoisotopic (exact) mass is 370 g/mol. The summed E-state index contributed by atoms with van der Waals surface area (Å²) in [6.07, 6.45) is -0.323. The second-order valence-electron chi connectivity index (χ2n) is 7.09. The Bertz CT molecular complexity index is 672. The van der Waals surface area contributed by atoms with Gasteiger partial charge in [-0.1, -0.05) is 0 Å². The van der Waals surface area contributed by atoms with E-state index in [9.17, 15) is 18.0 Å². The zero-order valence-electron chi connectivity index (χ0n) is 14.2. The van der Waals surface area contributed by atoms with E-state index in [-0.39, 0.29) is 17.8 Å². The van der Waals surface area contributed by atoms with E-state index in [2.05, 4.69) is 20.8 Å². The van der Waals surface area contributed by atoms with Crippen molar-refractivity contribution in [2.24, 2.45) is 5.92 Å². The summed E-state index contributed by atoms with van der Waals surface area (Å²) in [5, 5.41) is 0. The van der Waals surface area contributed by atoms with Gasteiger partial charge in [0.2, 0.25) is 5.91 Å². The normalized spacial score (nSPS) is 27.0. The van der Waals surface area contributed by atoms with Crippen LogP contribution in [0.1, 0.15) is 25.0 Å². The highest BCUT2D eigenvalue weighted by atomic mass is 19.4. The number of alkyl halides is 3. The van der Waals surface area contributed by atoms with Crippen LogP contribution in [0.4, 0.5) is 19.0 Å². The molecule has 7 nitrogen and oxygen atoms in total. The third-order valence-corrected chi connectivity index (χ3v) is 5.28. The summed E-state index contributed by atoms with van der Waals surface area (Å²) in [7, 11) is 0. The molecule has 2 saturated heterocycles. The molecule has 2 N–H and O–H groups in total. The number of rotatable bonds is 3. The van der Waals surface area contributed by atoms with Crippen LogP contribution >= 0.6 is 0 Å². The van der Waals surface area contributed by atoms with Crippen molar-refractivity contribution >= 4 is 11.7 Å². The standard InChI is InChI=1S/C16H21F3N6O/c17-16(18,19)13-8-14(21-9-20-13)24-3-5-25(6-4-24)15(26)12-7-11(22-23-12)10-1-2-10/h8-12,22-23H,1-7H2. The number of halogens is 3. The Balaban J connectivity index is 1.33. The van der Waals surface area contributed by atoms with E-state index in [1.165, 1.54) is 12.8 Å². The summed E-state index contributed by atoms with van der Waals surface area (Å²) in [4.78, 5) is 23.4. The highest BCUT2D eigenvalue weighted by Crippen LogP contribution is 2.36. The van der Waals surface area contributed by atoms with Crippen molar-refractivity contribution in [3.63, 3.8) is 0 Å². The van der Waals surface area contributed by atoms with Crippen LogP contribution in [0.2, 0.25) is 0 Å². The van der Waals surface area contributed by atoms with Gasteiger partial charge in [0, 0.05) is 38.3 Å². The topological polar surface area (TPSA) is 73.4 Å². The Kier molecular flexibility index (Phi) is 4.47. The maximum atomic E-state index is 12.8. The quantitative estimate of drug-likeness (QED) is 0.820. The van der Waals surface area contributed by atoms with E-state index in [0.29, 0.717) is 38.1 Å². The smallest absolute Gasteiger partial charge is 0.353 e. The van der Waals surface area contributed by atoms with E-state index in [4.69, 9.17) is 0 Å². The lowest BCUT2D eigenvalue weighted by atomic mass is 10.1. The number of hydrogen-bond acceptors (Lipinski definition) is 6. The molecule has 1 aromatic rings. The maximum absolute atomic E-state index is 12.8. The van der Waals surface area contributed by atoms with Gasteiger partial charge in [-0.2, -0.15) is 13.2 Å². The molecular formula is C16H21F3N6O. The predicted octanol–water partition coefficient (Wildman–Crippen LogP) is 0.789. The molecule has 1 amide bonds. The molecule has 142 valence electrons. The van der Waals surface area contributed by atoms with Gasteiger partial charge in [0.25, 0.3) is 0 Å². The second kappa shape index (κ2) is 6.66. The van der Waals surface area contributed by atoms with Crippen molar-refractivity contribution in [2.45, 2.75) is 37.5 Å². The number of carbonyl (C=O) groups excluding carboxylic acids is 1. The lowest BCUT2D eigenvalue weighted by molar-refractivity contribution is -0.141. The second-order valence-corrected chi connectivity index (χ2v) is 7.09. The minimum atomic E-state index is -4.49. The fourth-order valence-electron chi connectivity index (χ4n) is 3.60. The van der Waals surface area contributed by atoms with Crippen LogP contribution in [-0.2, 0) is 11.0 Å². The van der Waals surface area contributed by atoms with Crippen LogP contribution in [0.3, 0.4) is 0 Å². The molecule has 3 heterocycles. The molecule has 2 unspecified atom stereocenters. The Labute approximate surface area is 148 Å². The van der Waals surface area contributed by atoms with Gasteiger partial charge >= 0.3 is 6.18 Å². The minimum Gasteiger partial charge on any atom is -0.353 e. The Hall–Kier alpha value is -1.94. The van der Waals surface area contributed by atoms with Gasteiger partial charge < -0.3 is 9.80 Å². The molecule has 1 saturated carbocycles. The van der Waals surface area contributed by atoms with Gasteiger partial charge in [-0.3, -0.25) is 10.2 Å². The van der Waals surface area contributed by atoms with E-state index in [1.807, 2.05) is 0 Å². The molecule has 26 heavy (non-hydrogen) atoms. The fourth-order valence-corrected chi connectivity index (χ4v) is 3.60. The molecule has 0 radical (unpaired) electrons. The zero-order valence-corrected chi connectivity index (χ0v) is 14.2. The molecule has 1 aliphatic carbocycles. The molecule has 1 aromatic heterocycles. The number of nitrogens with zero attached hydrogens (tertiary/aromatic N) is 4. The number of amides is 1. The average Bonchev–Trinajstić information content (AvgIpc) is 3.38. The summed E-state index contributed by atoms with van der Waals surface area (Å²) >= 11 is 0. The molecule has 0 spiro atoms. The average molecular weight is 370 g/mol. The van der Waals surface area contributed by atoms with Crippen LogP contribution in [0.25, 0.3) is 0 Å². The number of carbonyl (C=O) groups is 1. The third kappa shape index (κ3) is 3.61. The van der Waals surface area contributed by atoms with Crippen LogP contribution in [-0.4, -0.2) is 59.0 Å². The summed E-state index contributed by atoms with van der Waals surface area (Å²) in [5.41, 5.74) is 5.35. The number of aromatic nitrogens is 2. The highest BCUT2D eigenvalue weighted by Gasteiger charge is 2.40. The van der Waals surface area contributed by atoms with E-state index in [0.717, 1.165) is 18.8 Å². The molecule has 10 heteroatoms. The first-order valence-corrected chi connectivity index (χ1v) is 8.86. The SMILES string of the molecule is O=C(C1CC(C2CC2)NN1)N1CCN(c2cc(C(F)(F)F)ncn2)CC1. The zero-order chi connectivity index (χ0) is 18.3. The number of piperazine rings is 1. The van der Waals surface area contributed by atoms with E-state index < -0.39 is 11.9 Å². The van der Waals surface area contributed by atoms with Crippen molar-refractivity contribution in [3.8, 4) is 0 Å². The summed E-state index contributed by atoms with van der Waals surface area (Å²) in [6, 6.07) is 1.11. The Morgan fingerprint density at radius 2 is 1.85 bits per heavy atom. The molecule has 4 rings (SSSR count). The van der Waals surface area contributed by atoms with Crippen LogP contribution in [0.5, 0.6) is 0 Å². The van der Waals surface area contributed by atoms with Gasteiger partial charge in [-0.25, -0.2) is 15.4 Å². The number of anilines is 1. The summed E-state index contributed by atoms with van der Waals surface area (Å²) in [6.45, 7) is 1.84. The number of nitrogens with one attached hydrogen (secondary N) is 2. The largest absolute Gasteiger partial charge is 0.433 e. The lowest BCUT2D eigenvalue weighted by Crippen LogP contribution is -2.54. The van der Waals surface area contributed by atoms with Crippen LogP contribution in [0.15, 0.2) is 12.4 Å². The third-order valence-electron chi connectivity index (χ3n) is 5.28. The van der Waals surface area contributed by atoms with Gasteiger partial charge in [-0.15, -0.1) is 0 Å². The van der Waals surface area contributed by atoms with Crippen molar-refractivity contribution in [1.82, 2.24) is 25.7 Å². The van der Waals surface area contributed by atoms with Crippen molar-refractivity contribution in [2.75, 3.05) is 31.1 Å². The first-order valence-electron chi connectivity index (χ1n) is 8.86. The minimum absolute atomic E-state index is 0.0546. The van der Waals surface area contributed by atoms with Crippen molar-refractivity contribution < 1.29 is 18.0 Å². The van der Waals surface area contributed by atoms with Gasteiger partial charge in [0.05, 0.1) is 0 Å². The lowest BCUT2D eigenvalue weighted by Gasteiger charge is -2.36. The first kappa shape index (κ1) is 17.5. The van der Waals surface area contributed by atoms with E-state index >= 15 is 0 Å². The van der Waals surface area contributed by atoms with Gasteiger partial charge in [0.1, 0.15) is 23.9 Å². The molecular weight excluding hydrogens is 349 g/mol.